The van der Waals surface area contributed by atoms with E-state index >= 15 is 0 Å². The van der Waals surface area contributed by atoms with Crippen molar-refractivity contribution in [3.63, 3.8) is 0 Å². The lowest BCUT2D eigenvalue weighted by atomic mass is 10.0. The Labute approximate surface area is 134 Å². The van der Waals surface area contributed by atoms with Crippen molar-refractivity contribution in [2.24, 2.45) is 0 Å². The molecule has 6 nitrogen and oxygen atoms in total. The van der Waals surface area contributed by atoms with Gasteiger partial charge in [0.05, 0.1) is 18.0 Å². The Morgan fingerprint density at radius 2 is 2.00 bits per heavy atom. The van der Waals surface area contributed by atoms with Gasteiger partial charge in [-0.05, 0) is 12.1 Å². The molecule has 0 fully saturated rings. The highest BCUT2D eigenvalue weighted by Gasteiger charge is 2.32. The predicted molar refractivity (Wildman–Crippen MR) is 77.3 cm³/mol. The van der Waals surface area contributed by atoms with Gasteiger partial charge in [-0.15, -0.1) is 13.2 Å². The second kappa shape index (κ2) is 6.87. The van der Waals surface area contributed by atoms with E-state index < -0.39 is 24.7 Å². The number of pyridine rings is 1. The molecule has 0 aliphatic carbocycles. The first-order valence-electron chi connectivity index (χ1n) is 6.50. The summed E-state index contributed by atoms with van der Waals surface area (Å²) in [5, 5.41) is 18.0. The fourth-order valence-corrected chi connectivity index (χ4v) is 2.06. The van der Waals surface area contributed by atoms with Crippen molar-refractivity contribution in [1.82, 2.24) is 4.98 Å². The number of para-hydroxylation sites is 1. The number of nitrogens with zero attached hydrogens (tertiary/aromatic N) is 3. The summed E-state index contributed by atoms with van der Waals surface area (Å²) in [5.41, 5.74) is 0.142. The van der Waals surface area contributed by atoms with E-state index in [9.17, 15) is 23.1 Å². The molecule has 0 spiro atoms. The van der Waals surface area contributed by atoms with Crippen molar-refractivity contribution in [3.05, 3.63) is 42.7 Å². The van der Waals surface area contributed by atoms with Gasteiger partial charge in [-0.1, -0.05) is 18.2 Å². The van der Waals surface area contributed by atoms with E-state index in [0.29, 0.717) is 4.90 Å². The van der Waals surface area contributed by atoms with Crippen molar-refractivity contribution in [2.75, 3.05) is 11.4 Å². The summed E-state index contributed by atoms with van der Waals surface area (Å²) < 4.78 is 41.7. The first-order valence-corrected chi connectivity index (χ1v) is 6.50. The van der Waals surface area contributed by atoms with E-state index in [-0.39, 0.29) is 16.8 Å². The Morgan fingerprint density at radius 1 is 1.29 bits per heavy atom. The standard InChI is InChI=1S/C15H10F3N3O3/c16-15(17,18)24-13-4-2-1-3-11(13)10-5-7-20-9-12(10)21(8-6-19)14(22)23/h1-5,7,9H,8H2,(H,22,23). The SMILES string of the molecule is N#CCN(C(=O)O)c1cnccc1-c1ccccc1OC(F)(F)F. The van der Waals surface area contributed by atoms with Gasteiger partial charge in [0.1, 0.15) is 12.3 Å². The van der Waals surface area contributed by atoms with Crippen LogP contribution < -0.4 is 9.64 Å². The Balaban J connectivity index is 2.59. The van der Waals surface area contributed by atoms with Gasteiger partial charge in [-0.25, -0.2) is 4.79 Å². The number of hydrogen-bond acceptors (Lipinski definition) is 4. The van der Waals surface area contributed by atoms with E-state index in [2.05, 4.69) is 9.72 Å². The zero-order valence-electron chi connectivity index (χ0n) is 12.0. The number of aromatic nitrogens is 1. The summed E-state index contributed by atoms with van der Waals surface area (Å²) in [6.07, 6.45) is -3.87. The third kappa shape index (κ3) is 3.92. The highest BCUT2D eigenvalue weighted by molar-refractivity contribution is 5.93. The van der Waals surface area contributed by atoms with Gasteiger partial charge in [-0.3, -0.25) is 9.88 Å². The first kappa shape index (κ1) is 17.1. The summed E-state index contributed by atoms with van der Waals surface area (Å²) in [7, 11) is 0. The van der Waals surface area contributed by atoms with Crippen LogP contribution in [0.3, 0.4) is 0 Å². The number of rotatable bonds is 4. The van der Waals surface area contributed by atoms with Gasteiger partial charge < -0.3 is 9.84 Å². The summed E-state index contributed by atoms with van der Waals surface area (Å²) >= 11 is 0. The zero-order chi connectivity index (χ0) is 17.7. The summed E-state index contributed by atoms with van der Waals surface area (Å²) in [6, 6.07) is 8.34. The average Bonchev–Trinajstić information content (AvgIpc) is 2.51. The van der Waals surface area contributed by atoms with E-state index in [1.54, 1.807) is 6.07 Å². The number of carboxylic acid groups (broad SMARTS) is 1. The monoisotopic (exact) mass is 337 g/mol. The Hall–Kier alpha value is -3.28. The second-order valence-corrected chi connectivity index (χ2v) is 4.46. The minimum absolute atomic E-state index is 0.0234. The highest BCUT2D eigenvalue weighted by Crippen LogP contribution is 2.38. The lowest BCUT2D eigenvalue weighted by Gasteiger charge is -2.20. The molecule has 0 aliphatic heterocycles. The maximum atomic E-state index is 12.6. The Bertz CT molecular complexity index is 787. The highest BCUT2D eigenvalue weighted by atomic mass is 19.4. The topological polar surface area (TPSA) is 86.5 Å². The van der Waals surface area contributed by atoms with E-state index in [4.69, 9.17) is 5.26 Å². The zero-order valence-corrected chi connectivity index (χ0v) is 12.0. The van der Waals surface area contributed by atoms with Crippen LogP contribution >= 0.6 is 0 Å². The van der Waals surface area contributed by atoms with Crippen molar-refractivity contribution < 1.29 is 27.8 Å². The van der Waals surface area contributed by atoms with Gasteiger partial charge in [0, 0.05) is 17.3 Å². The number of carbonyl (C=O) groups is 1. The number of halogens is 3. The first-order chi connectivity index (χ1) is 11.3. The Morgan fingerprint density at radius 3 is 2.62 bits per heavy atom. The Kier molecular flexibility index (Phi) is 4.89. The molecule has 0 atom stereocenters. The van der Waals surface area contributed by atoms with Crippen molar-refractivity contribution >= 4 is 11.8 Å². The molecule has 1 N–H and O–H groups in total. The van der Waals surface area contributed by atoms with Crippen LogP contribution in [-0.2, 0) is 0 Å². The van der Waals surface area contributed by atoms with E-state index in [0.717, 1.165) is 12.3 Å². The maximum Gasteiger partial charge on any atom is 0.573 e. The molecule has 2 aromatic rings. The van der Waals surface area contributed by atoms with Crippen molar-refractivity contribution in [1.29, 1.82) is 5.26 Å². The number of amides is 1. The fourth-order valence-electron chi connectivity index (χ4n) is 2.06. The molecule has 1 aromatic heterocycles. The number of ether oxygens (including phenoxy) is 1. The summed E-state index contributed by atoms with van der Waals surface area (Å²) in [5.74, 6) is -0.486. The molecule has 0 aliphatic rings. The summed E-state index contributed by atoms with van der Waals surface area (Å²) in [6.45, 7) is -0.504. The van der Waals surface area contributed by atoms with Crippen LogP contribution in [0.15, 0.2) is 42.7 Å². The molecule has 1 aromatic carbocycles. The molecule has 0 unspecified atom stereocenters. The number of nitriles is 1. The van der Waals surface area contributed by atoms with Gasteiger partial charge in [0.2, 0.25) is 0 Å². The summed E-state index contributed by atoms with van der Waals surface area (Å²) in [4.78, 5) is 15.8. The minimum Gasteiger partial charge on any atom is -0.465 e. The molecule has 1 heterocycles. The van der Waals surface area contributed by atoms with Gasteiger partial charge in [0.25, 0.3) is 0 Å². The lowest BCUT2D eigenvalue weighted by Crippen LogP contribution is -2.30. The second-order valence-electron chi connectivity index (χ2n) is 4.46. The normalized spacial score (nSPS) is 10.8. The van der Waals surface area contributed by atoms with Crippen molar-refractivity contribution in [2.45, 2.75) is 6.36 Å². The number of benzene rings is 1. The molecular weight excluding hydrogens is 327 g/mol. The number of hydrogen-bond donors (Lipinski definition) is 1. The third-order valence-electron chi connectivity index (χ3n) is 2.95. The van der Waals surface area contributed by atoms with Crippen LogP contribution in [-0.4, -0.2) is 29.1 Å². The van der Waals surface area contributed by atoms with E-state index in [1.807, 2.05) is 0 Å². The molecule has 2 rings (SSSR count). The number of anilines is 1. The van der Waals surface area contributed by atoms with E-state index in [1.165, 1.54) is 30.5 Å². The molecule has 0 saturated carbocycles. The molecule has 124 valence electrons. The average molecular weight is 337 g/mol. The predicted octanol–water partition coefficient (Wildman–Crippen LogP) is 3.66. The quantitative estimate of drug-likeness (QED) is 0.861. The van der Waals surface area contributed by atoms with Gasteiger partial charge in [0.15, 0.2) is 0 Å². The molecule has 0 bridgehead atoms. The fraction of sp³-hybridized carbons (Fsp3) is 0.133. The van der Waals surface area contributed by atoms with Crippen molar-refractivity contribution in [3.8, 4) is 22.9 Å². The molecule has 9 heteroatoms. The largest absolute Gasteiger partial charge is 0.573 e. The van der Waals surface area contributed by atoms with Crippen LogP contribution in [0.1, 0.15) is 0 Å². The molecule has 0 saturated heterocycles. The number of alkyl halides is 3. The van der Waals surface area contributed by atoms with Gasteiger partial charge >= 0.3 is 12.5 Å². The van der Waals surface area contributed by atoms with Crippen LogP contribution in [0.5, 0.6) is 5.75 Å². The smallest absolute Gasteiger partial charge is 0.465 e. The van der Waals surface area contributed by atoms with Crippen LogP contribution in [0.4, 0.5) is 23.7 Å². The minimum atomic E-state index is -4.90. The van der Waals surface area contributed by atoms with Gasteiger partial charge in [-0.2, -0.15) is 5.26 Å². The molecular formula is C15H10F3N3O3. The maximum absolute atomic E-state index is 12.6. The molecule has 1 amide bonds. The van der Waals surface area contributed by atoms with Crippen LogP contribution in [0, 0.1) is 11.3 Å². The molecule has 0 radical (unpaired) electrons. The lowest BCUT2D eigenvalue weighted by molar-refractivity contribution is -0.274. The van der Waals surface area contributed by atoms with Crippen LogP contribution in [0.25, 0.3) is 11.1 Å². The third-order valence-corrected chi connectivity index (χ3v) is 2.95. The molecule has 24 heavy (non-hydrogen) atoms. The van der Waals surface area contributed by atoms with Crippen LogP contribution in [0.2, 0.25) is 0 Å².